The Kier molecular flexibility index (Phi) is 6.00. The lowest BCUT2D eigenvalue weighted by atomic mass is 10.1. The third kappa shape index (κ3) is 3.65. The van der Waals surface area contributed by atoms with E-state index in [9.17, 15) is 9.90 Å². The molecule has 4 rings (SSSR count). The Morgan fingerprint density at radius 3 is 2.60 bits per heavy atom. The van der Waals surface area contributed by atoms with Crippen LogP contribution in [0.15, 0.2) is 58.3 Å². The minimum Gasteiger partial charge on any atom is -0.494 e. The van der Waals surface area contributed by atoms with Crippen LogP contribution in [0.4, 0.5) is 0 Å². The summed E-state index contributed by atoms with van der Waals surface area (Å²) < 4.78 is 1.43. The second-order valence-electron chi connectivity index (χ2n) is 7.82. The second-order valence-corrected chi connectivity index (χ2v) is 7.82. The average molecular weight is 404 g/mol. The quantitative estimate of drug-likeness (QED) is 0.629. The van der Waals surface area contributed by atoms with Gasteiger partial charge in [-0.25, -0.2) is 4.57 Å². The first-order valence-electron chi connectivity index (χ1n) is 10.8. The number of benzene rings is 2. The van der Waals surface area contributed by atoms with Gasteiger partial charge in [0.1, 0.15) is 0 Å². The molecule has 0 saturated carbocycles. The molecule has 5 nitrogen and oxygen atoms in total. The number of likely N-dealkylation sites (tertiary alicyclic amines) is 1. The maximum absolute atomic E-state index is 13.3. The average Bonchev–Trinajstić information content (AvgIpc) is 3.24. The lowest BCUT2D eigenvalue weighted by Crippen LogP contribution is -2.31. The fraction of sp³-hybridized carbons (Fsp3) is 0.360. The molecule has 1 aromatic heterocycles. The van der Waals surface area contributed by atoms with Crippen molar-refractivity contribution in [3.05, 3.63) is 70.0 Å². The van der Waals surface area contributed by atoms with E-state index in [0.29, 0.717) is 23.5 Å². The zero-order valence-corrected chi connectivity index (χ0v) is 17.7. The van der Waals surface area contributed by atoms with Gasteiger partial charge in [-0.05, 0) is 50.0 Å². The van der Waals surface area contributed by atoms with Gasteiger partial charge in [0.15, 0.2) is 0 Å². The standard InChI is InChI=1S/C25H29N3O2/c1-3-18-10-5-8-14-23(18)28-24(29)21-13-7-6-12-20(21)22(25(28)30)17-26-16-19-11-9-15-27(19)4-2/h5-8,10,12-14,17,19,30H,3-4,9,11,15-16H2,1-2H3/t19-/m0/s1. The highest BCUT2D eigenvalue weighted by Gasteiger charge is 2.22. The largest absolute Gasteiger partial charge is 0.494 e. The maximum atomic E-state index is 13.3. The van der Waals surface area contributed by atoms with Gasteiger partial charge in [0.2, 0.25) is 5.88 Å². The fourth-order valence-electron chi connectivity index (χ4n) is 4.52. The van der Waals surface area contributed by atoms with Crippen LogP contribution in [-0.4, -0.2) is 46.5 Å². The molecule has 30 heavy (non-hydrogen) atoms. The minimum absolute atomic E-state index is 0.0536. The van der Waals surface area contributed by atoms with Gasteiger partial charge >= 0.3 is 0 Å². The summed E-state index contributed by atoms with van der Waals surface area (Å²) >= 11 is 0. The summed E-state index contributed by atoms with van der Waals surface area (Å²) in [6, 6.07) is 15.6. The van der Waals surface area contributed by atoms with Crippen molar-refractivity contribution in [2.24, 2.45) is 4.99 Å². The van der Waals surface area contributed by atoms with Crippen LogP contribution in [0, 0.1) is 0 Å². The van der Waals surface area contributed by atoms with Crippen LogP contribution in [0.3, 0.4) is 0 Å². The summed E-state index contributed by atoms with van der Waals surface area (Å²) in [6.45, 7) is 7.09. The second kappa shape index (κ2) is 8.84. The van der Waals surface area contributed by atoms with Crippen molar-refractivity contribution >= 4 is 17.0 Å². The van der Waals surface area contributed by atoms with Crippen LogP contribution >= 0.6 is 0 Å². The molecule has 1 atom stereocenters. The number of fused-ring (bicyclic) bond motifs is 1. The van der Waals surface area contributed by atoms with Gasteiger partial charge in [-0.15, -0.1) is 0 Å². The Balaban J connectivity index is 1.83. The molecule has 0 radical (unpaired) electrons. The highest BCUT2D eigenvalue weighted by molar-refractivity contribution is 6.01. The molecule has 5 heteroatoms. The van der Waals surface area contributed by atoms with Crippen LogP contribution in [0.2, 0.25) is 0 Å². The predicted octanol–water partition coefficient (Wildman–Crippen LogP) is 4.16. The van der Waals surface area contributed by atoms with E-state index in [2.05, 4.69) is 11.8 Å². The van der Waals surface area contributed by atoms with Crippen LogP contribution in [0.1, 0.15) is 37.8 Å². The Labute approximate surface area is 177 Å². The number of aromatic nitrogens is 1. The molecule has 1 fully saturated rings. The fourth-order valence-corrected chi connectivity index (χ4v) is 4.52. The highest BCUT2D eigenvalue weighted by Crippen LogP contribution is 2.27. The van der Waals surface area contributed by atoms with E-state index in [-0.39, 0.29) is 11.4 Å². The van der Waals surface area contributed by atoms with Gasteiger partial charge in [0, 0.05) is 23.0 Å². The number of aromatic hydroxyl groups is 1. The molecule has 1 saturated heterocycles. The Bertz CT molecular complexity index is 1130. The smallest absolute Gasteiger partial charge is 0.265 e. The van der Waals surface area contributed by atoms with Crippen molar-refractivity contribution in [1.82, 2.24) is 9.47 Å². The van der Waals surface area contributed by atoms with Gasteiger partial charge < -0.3 is 5.11 Å². The van der Waals surface area contributed by atoms with Crippen LogP contribution in [0.5, 0.6) is 5.88 Å². The molecule has 0 spiro atoms. The van der Waals surface area contributed by atoms with Crippen molar-refractivity contribution in [3.8, 4) is 11.6 Å². The normalized spacial score (nSPS) is 17.3. The number of rotatable bonds is 6. The Morgan fingerprint density at radius 2 is 1.83 bits per heavy atom. The third-order valence-electron chi connectivity index (χ3n) is 6.16. The SMILES string of the molecule is CCc1ccccc1-n1c(O)c(C=NC[C@@H]2CCCN2CC)c2ccccc2c1=O. The molecule has 0 amide bonds. The summed E-state index contributed by atoms with van der Waals surface area (Å²) in [4.78, 5) is 20.4. The lowest BCUT2D eigenvalue weighted by molar-refractivity contribution is 0.273. The number of pyridine rings is 1. The van der Waals surface area contributed by atoms with E-state index in [1.54, 1.807) is 6.21 Å². The van der Waals surface area contributed by atoms with Crippen molar-refractivity contribution in [1.29, 1.82) is 0 Å². The van der Waals surface area contributed by atoms with Crippen molar-refractivity contribution < 1.29 is 5.11 Å². The Hall–Kier alpha value is -2.92. The number of aryl methyl sites for hydroxylation is 1. The number of hydrogen-bond acceptors (Lipinski definition) is 4. The molecule has 1 aliphatic rings. The first-order valence-corrected chi connectivity index (χ1v) is 10.8. The first-order chi connectivity index (χ1) is 14.7. The molecule has 1 aliphatic heterocycles. The molecule has 2 heterocycles. The van der Waals surface area contributed by atoms with Gasteiger partial charge in [-0.2, -0.15) is 0 Å². The van der Waals surface area contributed by atoms with Gasteiger partial charge in [-0.1, -0.05) is 50.2 Å². The van der Waals surface area contributed by atoms with Crippen LogP contribution < -0.4 is 5.56 Å². The molecule has 0 bridgehead atoms. The van der Waals surface area contributed by atoms with Crippen LogP contribution in [0.25, 0.3) is 16.5 Å². The van der Waals surface area contributed by atoms with E-state index < -0.39 is 0 Å². The van der Waals surface area contributed by atoms with E-state index >= 15 is 0 Å². The topological polar surface area (TPSA) is 57.8 Å². The summed E-state index contributed by atoms with van der Waals surface area (Å²) in [7, 11) is 0. The van der Waals surface area contributed by atoms with E-state index in [0.717, 1.165) is 42.6 Å². The van der Waals surface area contributed by atoms with Crippen molar-refractivity contribution in [2.45, 2.75) is 39.2 Å². The van der Waals surface area contributed by atoms with Gasteiger partial charge in [0.05, 0.1) is 17.8 Å². The van der Waals surface area contributed by atoms with Crippen molar-refractivity contribution in [2.75, 3.05) is 19.6 Å². The molecule has 1 N–H and O–H groups in total. The third-order valence-corrected chi connectivity index (χ3v) is 6.16. The Morgan fingerprint density at radius 1 is 1.10 bits per heavy atom. The summed E-state index contributed by atoms with van der Waals surface area (Å²) in [5.41, 5.74) is 2.11. The molecule has 0 aliphatic carbocycles. The monoisotopic (exact) mass is 403 g/mol. The number of aliphatic imine (C=N–C) groups is 1. The number of nitrogens with zero attached hydrogens (tertiary/aromatic N) is 3. The predicted molar refractivity (Wildman–Crippen MR) is 123 cm³/mol. The van der Waals surface area contributed by atoms with Gasteiger partial charge in [-0.3, -0.25) is 14.7 Å². The van der Waals surface area contributed by atoms with Gasteiger partial charge in [0.25, 0.3) is 5.56 Å². The van der Waals surface area contributed by atoms with E-state index in [1.165, 1.54) is 11.0 Å². The van der Waals surface area contributed by atoms with Crippen LogP contribution in [-0.2, 0) is 6.42 Å². The number of hydrogen-bond donors (Lipinski definition) is 1. The summed E-state index contributed by atoms with van der Waals surface area (Å²) in [5.74, 6) is -0.0536. The molecule has 156 valence electrons. The highest BCUT2D eigenvalue weighted by atomic mass is 16.3. The summed E-state index contributed by atoms with van der Waals surface area (Å²) in [5, 5.41) is 12.5. The zero-order chi connectivity index (χ0) is 21.1. The zero-order valence-electron chi connectivity index (χ0n) is 17.7. The minimum atomic E-state index is -0.214. The van der Waals surface area contributed by atoms with Crippen molar-refractivity contribution in [3.63, 3.8) is 0 Å². The maximum Gasteiger partial charge on any atom is 0.265 e. The number of likely N-dealkylation sites (N-methyl/N-ethyl adjacent to an activating group) is 1. The lowest BCUT2D eigenvalue weighted by Gasteiger charge is -2.20. The molecular formula is C25H29N3O2. The molecule has 2 aromatic carbocycles. The first kappa shape index (κ1) is 20.4. The molecular weight excluding hydrogens is 374 g/mol. The number of para-hydroxylation sites is 1. The van der Waals surface area contributed by atoms with E-state index in [1.807, 2.05) is 55.5 Å². The molecule has 3 aromatic rings. The summed E-state index contributed by atoms with van der Waals surface area (Å²) in [6.07, 6.45) is 4.88. The van der Waals surface area contributed by atoms with E-state index in [4.69, 9.17) is 4.99 Å². The molecule has 0 unspecified atom stereocenters.